The van der Waals surface area contributed by atoms with Crippen molar-refractivity contribution in [2.45, 2.75) is 13.0 Å². The maximum atomic E-state index is 11.9. The fourth-order valence-corrected chi connectivity index (χ4v) is 1.24. The Labute approximate surface area is 99.9 Å². The van der Waals surface area contributed by atoms with Crippen molar-refractivity contribution in [2.75, 3.05) is 7.05 Å². The Bertz CT molecular complexity index is 470. The van der Waals surface area contributed by atoms with Gasteiger partial charge in [0.1, 0.15) is 6.04 Å². The average molecular weight is 230 g/mol. The summed E-state index contributed by atoms with van der Waals surface area (Å²) >= 11 is 0. The Kier molecular flexibility index (Phi) is 3.89. The molecule has 0 bridgehead atoms. The number of hydrogen-bond acceptors (Lipinski definition) is 2. The summed E-state index contributed by atoms with van der Waals surface area (Å²) in [5.41, 5.74) is 0.954. The number of carbonyl (C=O) groups is 2. The molecule has 4 heteroatoms. The van der Waals surface area contributed by atoms with Gasteiger partial charge in [-0.05, 0) is 37.6 Å². The molecule has 0 aliphatic rings. The number of likely N-dealkylation sites (N-methyl/N-ethyl adjacent to an activating group) is 1. The molecule has 1 radical (unpaired) electrons. The van der Waals surface area contributed by atoms with Crippen LogP contribution in [0.25, 0.3) is 0 Å². The minimum absolute atomic E-state index is 0.364. The van der Waals surface area contributed by atoms with E-state index in [1.807, 2.05) is 0 Å². The van der Waals surface area contributed by atoms with Crippen LogP contribution in [0.15, 0.2) is 24.3 Å². The Morgan fingerprint density at radius 3 is 2.29 bits per heavy atom. The SMILES string of the molecule is [C]#Cc1ccc(C(=O)N(C)C(C)C(=O)O)cc1. The lowest BCUT2D eigenvalue weighted by Crippen LogP contribution is -2.40. The van der Waals surface area contributed by atoms with Crippen LogP contribution in [-0.4, -0.2) is 35.0 Å². The molecule has 0 aliphatic heterocycles. The van der Waals surface area contributed by atoms with E-state index in [4.69, 9.17) is 11.5 Å². The second-order valence-electron chi connectivity index (χ2n) is 3.63. The van der Waals surface area contributed by atoms with E-state index in [9.17, 15) is 9.59 Å². The van der Waals surface area contributed by atoms with Gasteiger partial charge in [-0.15, -0.1) is 0 Å². The number of benzene rings is 1. The van der Waals surface area contributed by atoms with Gasteiger partial charge in [0.15, 0.2) is 0 Å². The van der Waals surface area contributed by atoms with Gasteiger partial charge in [-0.1, -0.05) is 5.92 Å². The summed E-state index contributed by atoms with van der Waals surface area (Å²) in [6.07, 6.45) is 6.91. The Balaban J connectivity index is 2.89. The van der Waals surface area contributed by atoms with Gasteiger partial charge in [-0.3, -0.25) is 4.79 Å². The van der Waals surface area contributed by atoms with Crippen molar-refractivity contribution >= 4 is 11.9 Å². The highest BCUT2D eigenvalue weighted by Gasteiger charge is 2.22. The van der Waals surface area contributed by atoms with E-state index in [1.165, 1.54) is 14.0 Å². The fraction of sp³-hybridized carbons (Fsp3) is 0.231. The molecule has 0 spiro atoms. The minimum Gasteiger partial charge on any atom is -0.480 e. The van der Waals surface area contributed by atoms with Gasteiger partial charge in [0.05, 0.1) is 0 Å². The third-order valence-electron chi connectivity index (χ3n) is 2.53. The molecule has 0 heterocycles. The maximum Gasteiger partial charge on any atom is 0.326 e. The van der Waals surface area contributed by atoms with Crippen molar-refractivity contribution in [3.05, 3.63) is 41.8 Å². The van der Waals surface area contributed by atoms with Gasteiger partial charge in [0.25, 0.3) is 5.91 Å². The molecule has 1 atom stereocenters. The van der Waals surface area contributed by atoms with E-state index < -0.39 is 12.0 Å². The lowest BCUT2D eigenvalue weighted by atomic mass is 10.1. The van der Waals surface area contributed by atoms with Gasteiger partial charge >= 0.3 is 5.97 Å². The maximum absolute atomic E-state index is 11.9. The highest BCUT2D eigenvalue weighted by Crippen LogP contribution is 2.08. The molecule has 1 amide bonds. The molecule has 0 fully saturated rings. The summed E-state index contributed by atoms with van der Waals surface area (Å²) in [5, 5.41) is 8.80. The van der Waals surface area contributed by atoms with Crippen LogP contribution in [0.1, 0.15) is 22.8 Å². The second-order valence-corrected chi connectivity index (χ2v) is 3.63. The Hall–Kier alpha value is -2.28. The standard InChI is InChI=1S/C13H12NO3/c1-4-10-5-7-11(8-6-10)12(15)14(3)9(2)13(16)17/h5-9H,2-3H3,(H,16,17). The molecular weight excluding hydrogens is 218 g/mol. The van der Waals surface area contributed by atoms with E-state index in [2.05, 4.69) is 5.92 Å². The van der Waals surface area contributed by atoms with E-state index in [0.717, 1.165) is 4.90 Å². The van der Waals surface area contributed by atoms with Crippen LogP contribution in [0.3, 0.4) is 0 Å². The van der Waals surface area contributed by atoms with E-state index in [1.54, 1.807) is 24.3 Å². The van der Waals surface area contributed by atoms with Crippen LogP contribution in [0.2, 0.25) is 0 Å². The molecule has 0 saturated carbocycles. The molecule has 4 nitrogen and oxygen atoms in total. The van der Waals surface area contributed by atoms with E-state index in [0.29, 0.717) is 11.1 Å². The Morgan fingerprint density at radius 1 is 1.35 bits per heavy atom. The van der Waals surface area contributed by atoms with Gasteiger partial charge < -0.3 is 10.0 Å². The average Bonchev–Trinajstić information content (AvgIpc) is 2.36. The molecule has 1 unspecified atom stereocenters. The molecule has 1 aromatic carbocycles. The number of amides is 1. The van der Waals surface area contributed by atoms with Crippen molar-refractivity contribution in [3.63, 3.8) is 0 Å². The molecule has 87 valence electrons. The zero-order valence-electron chi connectivity index (χ0n) is 9.60. The van der Waals surface area contributed by atoms with Crippen LogP contribution >= 0.6 is 0 Å². The normalized spacial score (nSPS) is 11.4. The topological polar surface area (TPSA) is 57.6 Å². The van der Waals surface area contributed by atoms with E-state index in [-0.39, 0.29) is 5.91 Å². The third-order valence-corrected chi connectivity index (χ3v) is 2.53. The fourth-order valence-electron chi connectivity index (χ4n) is 1.24. The summed E-state index contributed by atoms with van der Waals surface area (Å²) in [4.78, 5) is 23.8. The van der Waals surface area contributed by atoms with Crippen LogP contribution in [0, 0.1) is 12.3 Å². The summed E-state index contributed by atoms with van der Waals surface area (Å²) in [6, 6.07) is 5.38. The smallest absolute Gasteiger partial charge is 0.326 e. The number of rotatable bonds is 3. The summed E-state index contributed by atoms with van der Waals surface area (Å²) in [7, 11) is 1.44. The third kappa shape index (κ3) is 2.85. The number of carbonyl (C=O) groups excluding carboxylic acids is 1. The molecule has 1 N–H and O–H groups in total. The molecule has 17 heavy (non-hydrogen) atoms. The molecule has 0 aromatic heterocycles. The van der Waals surface area contributed by atoms with Crippen molar-refractivity contribution in [1.29, 1.82) is 0 Å². The minimum atomic E-state index is -1.05. The quantitative estimate of drug-likeness (QED) is 0.793. The summed E-state index contributed by atoms with van der Waals surface area (Å²) in [6.45, 7) is 1.44. The van der Waals surface area contributed by atoms with Crippen molar-refractivity contribution in [2.24, 2.45) is 0 Å². The van der Waals surface area contributed by atoms with Crippen molar-refractivity contribution in [1.82, 2.24) is 4.90 Å². The van der Waals surface area contributed by atoms with Crippen LogP contribution < -0.4 is 0 Å². The van der Waals surface area contributed by atoms with Gasteiger partial charge in [-0.25, -0.2) is 4.79 Å². The zero-order valence-corrected chi connectivity index (χ0v) is 9.60. The van der Waals surface area contributed by atoms with Gasteiger partial charge in [0.2, 0.25) is 0 Å². The molecular formula is C13H12NO3. The molecule has 1 rings (SSSR count). The first-order valence-electron chi connectivity index (χ1n) is 5.00. The van der Waals surface area contributed by atoms with E-state index >= 15 is 0 Å². The molecule has 0 saturated heterocycles. The number of carboxylic acids is 1. The lowest BCUT2D eigenvalue weighted by Gasteiger charge is -2.21. The van der Waals surface area contributed by atoms with Crippen LogP contribution in [0.4, 0.5) is 0 Å². The van der Waals surface area contributed by atoms with Crippen molar-refractivity contribution in [3.8, 4) is 5.92 Å². The first-order valence-corrected chi connectivity index (χ1v) is 5.00. The number of nitrogens with zero attached hydrogens (tertiary/aromatic N) is 1. The lowest BCUT2D eigenvalue weighted by molar-refractivity contribution is -0.141. The highest BCUT2D eigenvalue weighted by molar-refractivity contribution is 5.96. The summed E-state index contributed by atoms with van der Waals surface area (Å²) in [5.74, 6) is 0.779. The first kappa shape index (κ1) is 12.8. The molecule has 1 aromatic rings. The predicted octanol–water partition coefficient (Wildman–Crippen LogP) is 1.17. The number of carboxylic acid groups (broad SMARTS) is 1. The second kappa shape index (κ2) is 5.17. The van der Waals surface area contributed by atoms with Crippen LogP contribution in [-0.2, 0) is 4.79 Å². The Morgan fingerprint density at radius 2 is 1.88 bits per heavy atom. The van der Waals surface area contributed by atoms with Gasteiger partial charge in [-0.2, -0.15) is 0 Å². The summed E-state index contributed by atoms with van der Waals surface area (Å²) < 4.78 is 0. The van der Waals surface area contributed by atoms with Crippen molar-refractivity contribution < 1.29 is 14.7 Å². The number of aliphatic carboxylic acids is 1. The predicted molar refractivity (Wildman–Crippen MR) is 61.9 cm³/mol. The highest BCUT2D eigenvalue weighted by atomic mass is 16.4. The number of hydrogen-bond donors (Lipinski definition) is 1. The largest absolute Gasteiger partial charge is 0.480 e. The van der Waals surface area contributed by atoms with Crippen LogP contribution in [0.5, 0.6) is 0 Å². The monoisotopic (exact) mass is 230 g/mol. The molecule has 0 aliphatic carbocycles. The zero-order chi connectivity index (χ0) is 13.0. The first-order chi connectivity index (χ1) is 7.97. The van der Waals surface area contributed by atoms with Gasteiger partial charge in [0, 0.05) is 18.2 Å².